The molecule has 7 heteroatoms. The summed E-state index contributed by atoms with van der Waals surface area (Å²) in [5, 5.41) is 24.0. The van der Waals surface area contributed by atoms with E-state index in [0.29, 0.717) is 23.6 Å². The van der Waals surface area contributed by atoms with Crippen molar-refractivity contribution >= 4 is 22.6 Å². The lowest BCUT2D eigenvalue weighted by Gasteiger charge is -2.17. The van der Waals surface area contributed by atoms with Crippen LogP contribution in [0.2, 0.25) is 0 Å². The maximum absolute atomic E-state index is 9.80. The summed E-state index contributed by atoms with van der Waals surface area (Å²) in [6.07, 6.45) is 0. The van der Waals surface area contributed by atoms with Gasteiger partial charge in [-0.1, -0.05) is 11.8 Å². The van der Waals surface area contributed by atoms with Gasteiger partial charge in [-0.2, -0.15) is 5.10 Å². The van der Waals surface area contributed by atoms with Gasteiger partial charge in [0.25, 0.3) is 0 Å². The summed E-state index contributed by atoms with van der Waals surface area (Å²) < 4.78 is 5.03. The number of phenols is 2. The normalized spacial score (nSPS) is 18.5. The number of aromatic hydroxyl groups is 2. The van der Waals surface area contributed by atoms with E-state index in [9.17, 15) is 10.2 Å². The lowest BCUT2D eigenvalue weighted by atomic mass is 10.1. The summed E-state index contributed by atoms with van der Waals surface area (Å²) >= 11 is 1.51. The molecule has 1 aliphatic rings. The SMILES string of the molecule is COCC(C)N=C1NN=C(c2ccc(O)cc2O)CS1. The van der Waals surface area contributed by atoms with Crippen LogP contribution in [0.4, 0.5) is 0 Å². The molecular weight excluding hydrogens is 278 g/mol. The van der Waals surface area contributed by atoms with Gasteiger partial charge in [0.2, 0.25) is 0 Å². The Balaban J connectivity index is 2.09. The molecule has 0 spiro atoms. The summed E-state index contributed by atoms with van der Waals surface area (Å²) in [5.74, 6) is 0.641. The third-order valence-electron chi connectivity index (χ3n) is 2.67. The number of phenolic OH excluding ortho intramolecular Hbond substituents is 2. The number of nitrogens with one attached hydrogen (secondary N) is 1. The lowest BCUT2D eigenvalue weighted by molar-refractivity contribution is 0.186. The number of benzene rings is 1. The topological polar surface area (TPSA) is 86.4 Å². The zero-order valence-corrected chi connectivity index (χ0v) is 12.1. The third-order valence-corrected chi connectivity index (χ3v) is 3.56. The standard InChI is InChI=1S/C13H17N3O3S/c1-8(6-19-2)14-13-16-15-11(7-20-13)10-4-3-9(17)5-12(10)18/h3-5,8,17-18H,6-7H2,1-2H3,(H,14,16). The second kappa shape index (κ2) is 6.62. The molecule has 2 rings (SSSR count). The van der Waals surface area contributed by atoms with Crippen LogP contribution < -0.4 is 5.43 Å². The lowest BCUT2D eigenvalue weighted by Crippen LogP contribution is -2.27. The number of hydrazone groups is 1. The van der Waals surface area contributed by atoms with Crippen LogP contribution in [0.25, 0.3) is 0 Å². The first-order chi connectivity index (χ1) is 9.60. The molecule has 1 atom stereocenters. The van der Waals surface area contributed by atoms with Crippen LogP contribution in [0, 0.1) is 0 Å². The van der Waals surface area contributed by atoms with Crippen molar-refractivity contribution in [2.45, 2.75) is 13.0 Å². The Labute approximate surface area is 121 Å². The molecule has 108 valence electrons. The molecular formula is C13H17N3O3S. The molecule has 1 unspecified atom stereocenters. The van der Waals surface area contributed by atoms with Crippen LogP contribution >= 0.6 is 11.8 Å². The summed E-state index contributed by atoms with van der Waals surface area (Å²) in [6.45, 7) is 2.52. The number of thioether (sulfide) groups is 1. The van der Waals surface area contributed by atoms with Gasteiger partial charge in [-0.25, -0.2) is 0 Å². The van der Waals surface area contributed by atoms with E-state index in [1.54, 1.807) is 13.2 Å². The Bertz CT molecular complexity index is 546. The Morgan fingerprint density at radius 3 is 2.90 bits per heavy atom. The third kappa shape index (κ3) is 3.64. The van der Waals surface area contributed by atoms with Gasteiger partial charge in [0, 0.05) is 24.5 Å². The van der Waals surface area contributed by atoms with E-state index in [4.69, 9.17) is 4.74 Å². The molecule has 1 aromatic rings. The molecule has 1 heterocycles. The molecule has 0 amide bonds. The van der Waals surface area contributed by atoms with E-state index >= 15 is 0 Å². The van der Waals surface area contributed by atoms with Crippen LogP contribution in [-0.2, 0) is 4.74 Å². The van der Waals surface area contributed by atoms with Crippen molar-refractivity contribution in [1.29, 1.82) is 0 Å². The predicted octanol–water partition coefficient (Wildman–Crippen LogP) is 1.53. The average Bonchev–Trinajstić information content (AvgIpc) is 2.40. The fraction of sp³-hybridized carbons (Fsp3) is 0.385. The van der Waals surface area contributed by atoms with Gasteiger partial charge in [0.05, 0.1) is 18.4 Å². The fourth-order valence-electron chi connectivity index (χ4n) is 1.76. The summed E-state index contributed by atoms with van der Waals surface area (Å²) in [5.41, 5.74) is 4.19. The molecule has 20 heavy (non-hydrogen) atoms. The van der Waals surface area contributed by atoms with Crippen LogP contribution in [0.1, 0.15) is 12.5 Å². The van der Waals surface area contributed by atoms with Gasteiger partial charge in [-0.05, 0) is 19.1 Å². The van der Waals surface area contributed by atoms with Gasteiger partial charge in [0.15, 0.2) is 5.17 Å². The molecule has 0 aromatic heterocycles. The van der Waals surface area contributed by atoms with Gasteiger partial charge in [-0.15, -0.1) is 0 Å². The summed E-state index contributed by atoms with van der Waals surface area (Å²) in [7, 11) is 1.64. The molecule has 0 aliphatic carbocycles. The zero-order chi connectivity index (χ0) is 14.5. The van der Waals surface area contributed by atoms with Crippen molar-refractivity contribution in [1.82, 2.24) is 5.43 Å². The first-order valence-corrected chi connectivity index (χ1v) is 7.13. The Morgan fingerprint density at radius 2 is 2.30 bits per heavy atom. The van der Waals surface area contributed by atoms with Crippen LogP contribution in [0.5, 0.6) is 11.5 Å². The predicted molar refractivity (Wildman–Crippen MR) is 80.7 cm³/mol. The highest BCUT2D eigenvalue weighted by molar-refractivity contribution is 8.14. The molecule has 0 saturated heterocycles. The molecule has 0 radical (unpaired) electrons. The van der Waals surface area contributed by atoms with Gasteiger partial charge >= 0.3 is 0 Å². The van der Waals surface area contributed by atoms with Crippen molar-refractivity contribution in [3.8, 4) is 11.5 Å². The van der Waals surface area contributed by atoms with Crippen molar-refractivity contribution < 1.29 is 14.9 Å². The van der Waals surface area contributed by atoms with E-state index < -0.39 is 0 Å². The fourth-order valence-corrected chi connectivity index (χ4v) is 2.62. The van der Waals surface area contributed by atoms with E-state index in [-0.39, 0.29) is 17.5 Å². The highest BCUT2D eigenvalue weighted by Gasteiger charge is 2.16. The van der Waals surface area contributed by atoms with E-state index in [0.717, 1.165) is 5.17 Å². The molecule has 0 saturated carbocycles. The minimum atomic E-state index is 0.0132. The Kier molecular flexibility index (Phi) is 4.86. The summed E-state index contributed by atoms with van der Waals surface area (Å²) in [4.78, 5) is 4.42. The zero-order valence-electron chi connectivity index (χ0n) is 11.3. The Hall–Kier alpha value is -1.73. The van der Waals surface area contributed by atoms with Crippen LogP contribution in [-0.4, -0.2) is 46.6 Å². The first kappa shape index (κ1) is 14.7. The minimum Gasteiger partial charge on any atom is -0.508 e. The van der Waals surface area contributed by atoms with Crippen molar-refractivity contribution in [2.75, 3.05) is 19.5 Å². The van der Waals surface area contributed by atoms with E-state index in [1.165, 1.54) is 23.9 Å². The molecule has 1 aromatic carbocycles. The second-order valence-corrected chi connectivity index (χ2v) is 5.36. The number of amidine groups is 1. The number of aliphatic imine (C=N–C) groups is 1. The number of hydrogen-bond donors (Lipinski definition) is 3. The van der Waals surface area contributed by atoms with E-state index in [1.807, 2.05) is 6.92 Å². The first-order valence-electron chi connectivity index (χ1n) is 6.14. The van der Waals surface area contributed by atoms with Gasteiger partial charge < -0.3 is 14.9 Å². The maximum Gasteiger partial charge on any atom is 0.177 e. The second-order valence-electron chi connectivity index (χ2n) is 4.40. The van der Waals surface area contributed by atoms with Crippen molar-refractivity contribution in [3.05, 3.63) is 23.8 Å². The van der Waals surface area contributed by atoms with E-state index in [2.05, 4.69) is 15.5 Å². The number of hydrogen-bond acceptors (Lipinski definition) is 6. The quantitative estimate of drug-likeness (QED) is 0.784. The largest absolute Gasteiger partial charge is 0.508 e. The number of ether oxygens (including phenoxy) is 1. The number of nitrogens with zero attached hydrogens (tertiary/aromatic N) is 2. The van der Waals surface area contributed by atoms with Crippen LogP contribution in [0.15, 0.2) is 28.3 Å². The highest BCUT2D eigenvalue weighted by Crippen LogP contribution is 2.25. The van der Waals surface area contributed by atoms with Crippen molar-refractivity contribution in [2.24, 2.45) is 10.1 Å². The van der Waals surface area contributed by atoms with Gasteiger partial charge in [0.1, 0.15) is 11.5 Å². The molecule has 6 nitrogen and oxygen atoms in total. The number of methoxy groups -OCH3 is 1. The molecule has 1 aliphatic heterocycles. The van der Waals surface area contributed by atoms with Gasteiger partial charge in [-0.3, -0.25) is 10.4 Å². The van der Waals surface area contributed by atoms with Crippen LogP contribution in [0.3, 0.4) is 0 Å². The van der Waals surface area contributed by atoms with Crippen molar-refractivity contribution in [3.63, 3.8) is 0 Å². The molecule has 3 N–H and O–H groups in total. The smallest absolute Gasteiger partial charge is 0.177 e. The average molecular weight is 295 g/mol. The highest BCUT2D eigenvalue weighted by atomic mass is 32.2. The Morgan fingerprint density at radius 1 is 1.50 bits per heavy atom. The maximum atomic E-state index is 9.80. The number of rotatable bonds is 4. The summed E-state index contributed by atoms with van der Waals surface area (Å²) in [6, 6.07) is 4.52. The monoisotopic (exact) mass is 295 g/mol. The molecule has 0 bridgehead atoms. The molecule has 0 fully saturated rings. The minimum absolute atomic E-state index is 0.0132.